The Morgan fingerprint density at radius 3 is 2.56 bits per heavy atom. The lowest BCUT2D eigenvalue weighted by atomic mass is 9.90. The fourth-order valence-electron chi connectivity index (χ4n) is 1.56. The Hall–Kier alpha value is -0.830. The van der Waals surface area contributed by atoms with E-state index in [0.29, 0.717) is 5.41 Å². The van der Waals surface area contributed by atoms with Gasteiger partial charge in [0.25, 0.3) is 0 Å². The fraction of sp³-hybridized carbons (Fsp3) is 0.769. The molecule has 0 saturated heterocycles. The highest BCUT2D eigenvalue weighted by molar-refractivity contribution is 5.09. The molecule has 0 radical (unpaired) electrons. The first-order valence-electron chi connectivity index (χ1n) is 6.21. The first kappa shape index (κ1) is 13.2. The van der Waals surface area contributed by atoms with Crippen molar-refractivity contribution < 1.29 is 0 Å². The van der Waals surface area contributed by atoms with Crippen molar-refractivity contribution in [2.75, 3.05) is 6.54 Å². The van der Waals surface area contributed by atoms with Crippen LogP contribution in [0.1, 0.15) is 45.5 Å². The lowest BCUT2D eigenvalue weighted by molar-refractivity contribution is 0.326. The number of hydrogen-bond donors (Lipinski definition) is 1. The van der Waals surface area contributed by atoms with E-state index in [-0.39, 0.29) is 0 Å². The Balaban J connectivity index is 2.45. The standard InChI is InChI=1S/C13H25N3/c1-6-11-8-12(16(5)15-11)9-14-10-13(3,4)7-2/h8,14H,6-7,9-10H2,1-5H3. The van der Waals surface area contributed by atoms with Gasteiger partial charge >= 0.3 is 0 Å². The Kier molecular flexibility index (Phi) is 4.54. The summed E-state index contributed by atoms with van der Waals surface area (Å²) in [5, 5.41) is 7.95. The Labute approximate surface area is 99.2 Å². The van der Waals surface area contributed by atoms with E-state index in [4.69, 9.17) is 0 Å². The Morgan fingerprint density at radius 1 is 1.38 bits per heavy atom. The van der Waals surface area contributed by atoms with Crippen LogP contribution in [0.25, 0.3) is 0 Å². The monoisotopic (exact) mass is 223 g/mol. The van der Waals surface area contributed by atoms with Gasteiger partial charge in [0.05, 0.1) is 11.4 Å². The molecule has 1 rings (SSSR count). The van der Waals surface area contributed by atoms with Crippen LogP contribution in [0.3, 0.4) is 0 Å². The predicted molar refractivity (Wildman–Crippen MR) is 68.4 cm³/mol. The normalized spacial score (nSPS) is 12.1. The molecule has 1 aromatic rings. The van der Waals surface area contributed by atoms with Crippen LogP contribution >= 0.6 is 0 Å². The van der Waals surface area contributed by atoms with E-state index in [1.54, 1.807) is 0 Å². The molecule has 92 valence electrons. The minimum Gasteiger partial charge on any atom is -0.311 e. The Morgan fingerprint density at radius 2 is 2.06 bits per heavy atom. The van der Waals surface area contributed by atoms with E-state index in [1.807, 2.05) is 11.7 Å². The molecule has 0 amide bonds. The molecule has 16 heavy (non-hydrogen) atoms. The summed E-state index contributed by atoms with van der Waals surface area (Å²) < 4.78 is 1.98. The van der Waals surface area contributed by atoms with Crippen molar-refractivity contribution in [3.05, 3.63) is 17.5 Å². The molecule has 0 bridgehead atoms. The molecule has 0 saturated carbocycles. The van der Waals surface area contributed by atoms with Crippen LogP contribution in [0.5, 0.6) is 0 Å². The van der Waals surface area contributed by atoms with Gasteiger partial charge in [0, 0.05) is 20.1 Å². The lowest BCUT2D eigenvalue weighted by Crippen LogP contribution is -2.29. The predicted octanol–water partition coefficient (Wildman–Crippen LogP) is 2.51. The summed E-state index contributed by atoms with van der Waals surface area (Å²) in [5.41, 5.74) is 2.82. The van der Waals surface area contributed by atoms with Gasteiger partial charge in [0.1, 0.15) is 0 Å². The summed E-state index contributed by atoms with van der Waals surface area (Å²) >= 11 is 0. The minimum atomic E-state index is 0.381. The van der Waals surface area contributed by atoms with Gasteiger partial charge in [-0.05, 0) is 24.3 Å². The van der Waals surface area contributed by atoms with Crippen molar-refractivity contribution in [1.82, 2.24) is 15.1 Å². The van der Waals surface area contributed by atoms with Gasteiger partial charge in [-0.3, -0.25) is 4.68 Å². The van der Waals surface area contributed by atoms with Crippen LogP contribution in [0.4, 0.5) is 0 Å². The third kappa shape index (κ3) is 3.63. The second-order valence-corrected chi connectivity index (χ2v) is 5.23. The summed E-state index contributed by atoms with van der Waals surface area (Å²) in [6.45, 7) is 10.9. The van der Waals surface area contributed by atoms with Gasteiger partial charge in [-0.2, -0.15) is 5.10 Å². The van der Waals surface area contributed by atoms with E-state index in [0.717, 1.165) is 19.5 Å². The van der Waals surface area contributed by atoms with E-state index >= 15 is 0 Å². The molecule has 0 aliphatic rings. The highest BCUT2D eigenvalue weighted by atomic mass is 15.3. The minimum absolute atomic E-state index is 0.381. The molecule has 0 spiro atoms. The second-order valence-electron chi connectivity index (χ2n) is 5.23. The van der Waals surface area contributed by atoms with E-state index in [1.165, 1.54) is 17.8 Å². The molecule has 0 fully saturated rings. The van der Waals surface area contributed by atoms with Gasteiger partial charge in [-0.25, -0.2) is 0 Å². The summed E-state index contributed by atoms with van der Waals surface area (Å²) in [4.78, 5) is 0. The highest BCUT2D eigenvalue weighted by Gasteiger charge is 2.14. The number of aryl methyl sites for hydroxylation is 2. The van der Waals surface area contributed by atoms with E-state index < -0.39 is 0 Å². The molecule has 3 nitrogen and oxygen atoms in total. The maximum absolute atomic E-state index is 4.44. The molecule has 1 N–H and O–H groups in total. The average molecular weight is 223 g/mol. The topological polar surface area (TPSA) is 29.9 Å². The quantitative estimate of drug-likeness (QED) is 0.803. The zero-order valence-corrected chi connectivity index (χ0v) is 11.3. The van der Waals surface area contributed by atoms with Crippen molar-refractivity contribution in [3.8, 4) is 0 Å². The third-order valence-corrected chi connectivity index (χ3v) is 3.26. The van der Waals surface area contributed by atoms with Crippen LogP contribution in [-0.2, 0) is 20.0 Å². The Bertz CT molecular complexity index is 326. The molecular formula is C13H25N3. The second kappa shape index (κ2) is 5.48. The SMILES string of the molecule is CCc1cc(CNCC(C)(C)CC)n(C)n1. The molecule has 0 aliphatic heterocycles. The van der Waals surface area contributed by atoms with Crippen LogP contribution < -0.4 is 5.32 Å². The number of nitrogens with zero attached hydrogens (tertiary/aromatic N) is 2. The number of rotatable bonds is 6. The average Bonchev–Trinajstić information content (AvgIpc) is 2.60. The van der Waals surface area contributed by atoms with Crippen molar-refractivity contribution in [1.29, 1.82) is 0 Å². The van der Waals surface area contributed by atoms with E-state index in [9.17, 15) is 0 Å². The number of hydrogen-bond acceptors (Lipinski definition) is 2. The molecule has 0 aliphatic carbocycles. The number of aromatic nitrogens is 2. The van der Waals surface area contributed by atoms with Gasteiger partial charge < -0.3 is 5.32 Å². The largest absolute Gasteiger partial charge is 0.311 e. The van der Waals surface area contributed by atoms with Crippen LogP contribution in [-0.4, -0.2) is 16.3 Å². The first-order valence-corrected chi connectivity index (χ1v) is 6.21. The number of nitrogens with one attached hydrogen (secondary N) is 1. The van der Waals surface area contributed by atoms with E-state index in [2.05, 4.69) is 44.2 Å². The van der Waals surface area contributed by atoms with Gasteiger partial charge in [0.2, 0.25) is 0 Å². The zero-order chi connectivity index (χ0) is 12.2. The van der Waals surface area contributed by atoms with Crippen LogP contribution in [0.15, 0.2) is 6.07 Å². The zero-order valence-electron chi connectivity index (χ0n) is 11.3. The smallest absolute Gasteiger partial charge is 0.0625 e. The van der Waals surface area contributed by atoms with Crippen LogP contribution in [0.2, 0.25) is 0 Å². The fourth-order valence-corrected chi connectivity index (χ4v) is 1.56. The molecule has 0 unspecified atom stereocenters. The van der Waals surface area contributed by atoms with Gasteiger partial charge in [0.15, 0.2) is 0 Å². The maximum atomic E-state index is 4.44. The van der Waals surface area contributed by atoms with Crippen molar-refractivity contribution in [3.63, 3.8) is 0 Å². The van der Waals surface area contributed by atoms with Crippen LogP contribution in [0, 0.1) is 5.41 Å². The van der Waals surface area contributed by atoms with Crippen molar-refractivity contribution >= 4 is 0 Å². The third-order valence-electron chi connectivity index (χ3n) is 3.26. The van der Waals surface area contributed by atoms with Gasteiger partial charge in [-0.1, -0.05) is 27.7 Å². The summed E-state index contributed by atoms with van der Waals surface area (Å²) in [6, 6.07) is 2.19. The van der Waals surface area contributed by atoms with Crippen molar-refractivity contribution in [2.45, 2.75) is 47.1 Å². The molecule has 0 aromatic carbocycles. The molecule has 3 heteroatoms. The lowest BCUT2D eigenvalue weighted by Gasteiger charge is -2.22. The molecule has 1 heterocycles. The highest BCUT2D eigenvalue weighted by Crippen LogP contribution is 2.17. The van der Waals surface area contributed by atoms with Crippen molar-refractivity contribution in [2.24, 2.45) is 12.5 Å². The molecule has 1 aromatic heterocycles. The molecule has 0 atom stereocenters. The summed E-state index contributed by atoms with van der Waals surface area (Å²) in [6.07, 6.45) is 2.21. The van der Waals surface area contributed by atoms with Gasteiger partial charge in [-0.15, -0.1) is 0 Å². The summed E-state index contributed by atoms with van der Waals surface area (Å²) in [5.74, 6) is 0. The summed E-state index contributed by atoms with van der Waals surface area (Å²) in [7, 11) is 2.02. The molecular weight excluding hydrogens is 198 g/mol. The first-order chi connectivity index (χ1) is 7.48. The maximum Gasteiger partial charge on any atom is 0.0625 e.